The molecule has 0 saturated carbocycles. The van der Waals surface area contributed by atoms with Gasteiger partial charge in [0.1, 0.15) is 11.0 Å². The Morgan fingerprint density at radius 3 is 2.50 bits per heavy atom. The van der Waals surface area contributed by atoms with Crippen LogP contribution in [-0.4, -0.2) is 13.4 Å². The van der Waals surface area contributed by atoms with Gasteiger partial charge in [-0.05, 0) is 6.92 Å². The highest BCUT2D eigenvalue weighted by Gasteiger charge is 2.27. The molecule has 0 spiro atoms. The summed E-state index contributed by atoms with van der Waals surface area (Å²) in [5.74, 6) is 0. The Morgan fingerprint density at radius 2 is 2.12 bits per heavy atom. The fraction of sp³-hybridized carbons (Fsp3) is 0.250. The van der Waals surface area contributed by atoms with E-state index in [0.29, 0.717) is 0 Å². The lowest BCUT2D eigenvalue weighted by Gasteiger charge is -2.10. The minimum atomic E-state index is -4.39. The third-order valence-electron chi connectivity index (χ3n) is 1.89. The van der Waals surface area contributed by atoms with Gasteiger partial charge < -0.3 is 0 Å². The predicted molar refractivity (Wildman–Crippen MR) is 50.0 cm³/mol. The smallest absolute Gasteiger partial charge is 0.260 e. The molecule has 0 atom stereocenters. The van der Waals surface area contributed by atoms with Gasteiger partial charge in [-0.25, -0.2) is 22.3 Å². The lowest BCUT2D eigenvalue weighted by atomic mass is 10.1. The molecule has 86 valence electrons. The number of aryl methyl sites for hydroxylation is 1. The second-order valence-electron chi connectivity index (χ2n) is 2.96. The molecule has 8 heteroatoms. The molecule has 0 bridgehead atoms. The van der Waals surface area contributed by atoms with Crippen molar-refractivity contribution in [2.45, 2.75) is 18.2 Å². The largest absolute Gasteiger partial charge is 0.266 e. The summed E-state index contributed by atoms with van der Waals surface area (Å²) in [5, 5.41) is 13.4. The Morgan fingerprint density at radius 1 is 1.56 bits per heavy atom. The second-order valence-corrected chi connectivity index (χ2v) is 4.46. The number of nitriles is 1. The topological polar surface area (TPSA) is 96.8 Å². The van der Waals surface area contributed by atoms with E-state index in [1.165, 1.54) is 13.0 Å². The van der Waals surface area contributed by atoms with Crippen LogP contribution in [0, 0.1) is 18.3 Å². The summed E-state index contributed by atoms with van der Waals surface area (Å²) in [4.78, 5) is 2.67. The van der Waals surface area contributed by atoms with Gasteiger partial charge in [-0.2, -0.15) is 5.26 Å². The maximum atomic E-state index is 12.7. The van der Waals surface area contributed by atoms with E-state index in [1.807, 2.05) is 0 Å². The normalized spacial score (nSPS) is 11.5. The molecule has 0 aliphatic rings. The van der Waals surface area contributed by atoms with Crippen LogP contribution in [0.1, 0.15) is 23.2 Å². The fourth-order valence-electron chi connectivity index (χ4n) is 1.24. The molecule has 2 N–H and O–H groups in total. The van der Waals surface area contributed by atoms with Gasteiger partial charge in [-0.3, -0.25) is 4.98 Å². The number of hydrogen-bond donors (Lipinski definition) is 1. The van der Waals surface area contributed by atoms with Crippen LogP contribution >= 0.6 is 0 Å². The first-order chi connectivity index (χ1) is 7.29. The van der Waals surface area contributed by atoms with Crippen LogP contribution in [-0.2, 0) is 10.0 Å². The molecule has 1 aromatic rings. The van der Waals surface area contributed by atoms with Crippen molar-refractivity contribution in [1.29, 1.82) is 5.26 Å². The zero-order valence-electron chi connectivity index (χ0n) is 8.11. The van der Waals surface area contributed by atoms with Crippen molar-refractivity contribution >= 4 is 10.0 Å². The number of pyridine rings is 1. The zero-order valence-corrected chi connectivity index (χ0v) is 8.92. The number of rotatable bonds is 2. The summed E-state index contributed by atoms with van der Waals surface area (Å²) in [5.41, 5.74) is -1.47. The van der Waals surface area contributed by atoms with Crippen molar-refractivity contribution in [2.75, 3.05) is 0 Å². The summed E-state index contributed by atoms with van der Waals surface area (Å²) < 4.78 is 47.6. The molecule has 1 aromatic heterocycles. The number of aromatic nitrogens is 1. The van der Waals surface area contributed by atoms with E-state index in [1.54, 1.807) is 0 Å². The van der Waals surface area contributed by atoms with Gasteiger partial charge >= 0.3 is 0 Å². The Bertz CT molecular complexity index is 563. The highest BCUT2D eigenvalue weighted by Crippen LogP contribution is 2.29. The van der Waals surface area contributed by atoms with Crippen LogP contribution in [0.5, 0.6) is 0 Å². The molecule has 1 heterocycles. The summed E-state index contributed by atoms with van der Waals surface area (Å²) in [6, 6.07) is 1.47. The van der Waals surface area contributed by atoms with Crippen molar-refractivity contribution in [3.63, 3.8) is 0 Å². The first-order valence-electron chi connectivity index (χ1n) is 3.99. The third kappa shape index (κ3) is 2.15. The monoisotopic (exact) mass is 247 g/mol. The average Bonchev–Trinajstić information content (AvgIpc) is 2.15. The van der Waals surface area contributed by atoms with E-state index in [4.69, 9.17) is 10.4 Å². The maximum absolute atomic E-state index is 12.7. The van der Waals surface area contributed by atoms with Crippen molar-refractivity contribution in [2.24, 2.45) is 5.14 Å². The molecule has 1 rings (SSSR count). The van der Waals surface area contributed by atoms with Gasteiger partial charge in [0.25, 0.3) is 6.43 Å². The number of nitrogens with zero attached hydrogens (tertiary/aromatic N) is 2. The molecule has 0 fully saturated rings. The van der Waals surface area contributed by atoms with Crippen molar-refractivity contribution in [3.8, 4) is 6.07 Å². The summed E-state index contributed by atoms with van der Waals surface area (Å²) >= 11 is 0. The molecular weight excluding hydrogens is 240 g/mol. The minimum Gasteiger partial charge on any atom is -0.260 e. The highest BCUT2D eigenvalue weighted by atomic mass is 32.2. The lowest BCUT2D eigenvalue weighted by molar-refractivity contribution is 0.146. The molecule has 0 radical (unpaired) electrons. The van der Waals surface area contributed by atoms with Gasteiger partial charge in [0.05, 0.1) is 11.1 Å². The SMILES string of the molecule is Cc1ncc(C#N)c(S(N)(=O)=O)c1C(F)F. The van der Waals surface area contributed by atoms with E-state index in [-0.39, 0.29) is 5.69 Å². The number of primary sulfonamides is 1. The Kier molecular flexibility index (Phi) is 3.21. The van der Waals surface area contributed by atoms with Crippen LogP contribution in [0.2, 0.25) is 0 Å². The standard InChI is InChI=1S/C8H7F2N3O2S/c1-4-6(8(9)10)7(16(12,14)15)5(2-11)3-13-4/h3,8H,1H3,(H2,12,14,15). The molecule has 0 saturated heterocycles. The Balaban J connectivity index is 3.79. The number of nitrogens with two attached hydrogens (primary N) is 1. The molecule has 0 unspecified atom stereocenters. The molecule has 0 amide bonds. The second kappa shape index (κ2) is 4.11. The van der Waals surface area contributed by atoms with Crippen LogP contribution in [0.3, 0.4) is 0 Å². The number of alkyl halides is 2. The zero-order chi connectivity index (χ0) is 12.5. The first kappa shape index (κ1) is 12.5. The summed E-state index contributed by atoms with van der Waals surface area (Å²) in [6.07, 6.45) is -2.16. The number of hydrogen-bond acceptors (Lipinski definition) is 4. The average molecular weight is 247 g/mol. The van der Waals surface area contributed by atoms with Gasteiger partial charge in [0.2, 0.25) is 10.0 Å². The van der Waals surface area contributed by atoms with Crippen molar-refractivity contribution in [3.05, 3.63) is 23.0 Å². The lowest BCUT2D eigenvalue weighted by Crippen LogP contribution is -2.18. The van der Waals surface area contributed by atoms with Crippen LogP contribution in [0.15, 0.2) is 11.1 Å². The van der Waals surface area contributed by atoms with Crippen molar-refractivity contribution < 1.29 is 17.2 Å². The van der Waals surface area contributed by atoms with Crippen LogP contribution in [0.4, 0.5) is 8.78 Å². The molecule has 16 heavy (non-hydrogen) atoms. The van der Waals surface area contributed by atoms with Gasteiger partial charge in [0, 0.05) is 11.9 Å². The molecule has 5 nitrogen and oxygen atoms in total. The van der Waals surface area contributed by atoms with Gasteiger partial charge in [-0.15, -0.1) is 0 Å². The maximum Gasteiger partial charge on any atom is 0.266 e. The van der Waals surface area contributed by atoms with E-state index in [0.717, 1.165) is 6.20 Å². The van der Waals surface area contributed by atoms with E-state index >= 15 is 0 Å². The molecule has 0 aliphatic heterocycles. The van der Waals surface area contributed by atoms with Crippen LogP contribution < -0.4 is 5.14 Å². The Hall–Kier alpha value is -1.59. The summed E-state index contributed by atoms with van der Waals surface area (Å²) in [6.45, 7) is 1.22. The number of sulfonamides is 1. The van der Waals surface area contributed by atoms with Crippen LogP contribution in [0.25, 0.3) is 0 Å². The number of halogens is 2. The minimum absolute atomic E-state index is 0.168. The quantitative estimate of drug-likeness (QED) is 0.837. The van der Waals surface area contributed by atoms with E-state index in [9.17, 15) is 17.2 Å². The van der Waals surface area contributed by atoms with Gasteiger partial charge in [-0.1, -0.05) is 0 Å². The highest BCUT2D eigenvalue weighted by molar-refractivity contribution is 7.89. The van der Waals surface area contributed by atoms with Gasteiger partial charge in [0.15, 0.2) is 0 Å². The summed E-state index contributed by atoms with van der Waals surface area (Å²) in [7, 11) is -4.39. The molecular formula is C8H7F2N3O2S. The van der Waals surface area contributed by atoms with Crippen molar-refractivity contribution in [1.82, 2.24) is 4.98 Å². The molecule has 0 aromatic carbocycles. The van der Waals surface area contributed by atoms with E-state index < -0.39 is 32.5 Å². The first-order valence-corrected chi connectivity index (χ1v) is 5.54. The van der Waals surface area contributed by atoms with E-state index in [2.05, 4.69) is 4.98 Å². The fourth-order valence-corrected chi connectivity index (χ4v) is 2.19. The molecule has 0 aliphatic carbocycles. The third-order valence-corrected chi connectivity index (χ3v) is 2.90. The predicted octanol–water partition coefficient (Wildman–Crippen LogP) is 0.847. The Labute approximate surface area is 90.6 Å².